The fourth-order valence-electron chi connectivity index (χ4n) is 3.05. The Morgan fingerprint density at radius 3 is 2.95 bits per heavy atom. The van der Waals surface area contributed by atoms with Crippen molar-refractivity contribution in [2.45, 2.75) is 50.9 Å². The highest BCUT2D eigenvalue weighted by atomic mass is 16.5. The highest BCUT2D eigenvalue weighted by Crippen LogP contribution is 2.25. The average Bonchev–Trinajstić information content (AvgIpc) is 2.58. The first-order chi connectivity index (χ1) is 10.8. The van der Waals surface area contributed by atoms with E-state index in [1.165, 1.54) is 19.4 Å². The molecule has 2 rings (SSSR count). The van der Waals surface area contributed by atoms with Crippen molar-refractivity contribution in [3.8, 4) is 0 Å². The molecule has 122 valence electrons. The Morgan fingerprint density at radius 2 is 2.18 bits per heavy atom. The predicted octanol–water partition coefficient (Wildman–Crippen LogP) is 2.11. The Balaban J connectivity index is 1.61. The van der Waals surface area contributed by atoms with Crippen LogP contribution in [-0.4, -0.2) is 45.6 Å². The Kier molecular flexibility index (Phi) is 7.25. The summed E-state index contributed by atoms with van der Waals surface area (Å²) in [6.07, 6.45) is 12.4. The molecular formula is C16H26N4O2. The van der Waals surface area contributed by atoms with Crippen molar-refractivity contribution in [2.75, 3.05) is 19.6 Å². The summed E-state index contributed by atoms with van der Waals surface area (Å²) >= 11 is 0. The van der Waals surface area contributed by atoms with Crippen molar-refractivity contribution in [2.24, 2.45) is 0 Å². The normalized spacial score (nSPS) is 19.0. The zero-order chi connectivity index (χ0) is 15.6. The number of nitrogens with zero attached hydrogens (tertiary/aromatic N) is 3. The summed E-state index contributed by atoms with van der Waals surface area (Å²) in [4.78, 5) is 22.0. The second-order valence-corrected chi connectivity index (χ2v) is 5.97. The van der Waals surface area contributed by atoms with Gasteiger partial charge in [0, 0.05) is 37.5 Å². The van der Waals surface area contributed by atoms with Crippen molar-refractivity contribution in [1.29, 1.82) is 0 Å². The first-order valence-electron chi connectivity index (χ1n) is 8.21. The molecule has 0 radical (unpaired) electrons. The molecule has 1 aromatic heterocycles. The van der Waals surface area contributed by atoms with E-state index in [4.69, 9.17) is 5.21 Å². The molecule has 1 unspecified atom stereocenters. The number of aromatic nitrogens is 2. The van der Waals surface area contributed by atoms with E-state index in [0.717, 1.165) is 44.5 Å². The predicted molar refractivity (Wildman–Crippen MR) is 83.5 cm³/mol. The van der Waals surface area contributed by atoms with Gasteiger partial charge in [0.05, 0.1) is 5.69 Å². The molecule has 1 aromatic rings. The van der Waals surface area contributed by atoms with Gasteiger partial charge < -0.3 is 4.90 Å². The summed E-state index contributed by atoms with van der Waals surface area (Å²) in [5, 5.41) is 8.41. The Bertz CT molecular complexity index is 441. The van der Waals surface area contributed by atoms with Crippen LogP contribution in [0.25, 0.3) is 0 Å². The lowest BCUT2D eigenvalue weighted by molar-refractivity contribution is -0.129. The monoisotopic (exact) mass is 306 g/mol. The number of piperidine rings is 1. The van der Waals surface area contributed by atoms with E-state index in [1.54, 1.807) is 17.9 Å². The van der Waals surface area contributed by atoms with Crippen LogP contribution in [0.1, 0.15) is 56.6 Å². The van der Waals surface area contributed by atoms with E-state index in [9.17, 15) is 4.79 Å². The zero-order valence-corrected chi connectivity index (χ0v) is 13.1. The van der Waals surface area contributed by atoms with E-state index in [0.29, 0.717) is 12.3 Å². The number of hydrogen-bond acceptors (Lipinski definition) is 5. The zero-order valence-electron chi connectivity index (χ0n) is 13.1. The number of hydroxylamine groups is 1. The van der Waals surface area contributed by atoms with Crippen LogP contribution in [-0.2, 0) is 4.79 Å². The van der Waals surface area contributed by atoms with Gasteiger partial charge in [-0.25, -0.2) is 5.48 Å². The van der Waals surface area contributed by atoms with Crippen LogP contribution in [0.3, 0.4) is 0 Å². The topological polar surface area (TPSA) is 78.4 Å². The molecule has 0 bridgehead atoms. The van der Waals surface area contributed by atoms with Gasteiger partial charge in [-0.3, -0.25) is 20.0 Å². The molecule has 6 nitrogen and oxygen atoms in total. The molecular weight excluding hydrogens is 280 g/mol. The number of carbonyl (C=O) groups excluding carboxylic acids is 1. The Morgan fingerprint density at radius 1 is 1.32 bits per heavy atom. The van der Waals surface area contributed by atoms with Crippen molar-refractivity contribution in [3.05, 3.63) is 24.3 Å². The van der Waals surface area contributed by atoms with Gasteiger partial charge >= 0.3 is 0 Å². The van der Waals surface area contributed by atoms with Gasteiger partial charge in [-0.2, -0.15) is 0 Å². The van der Waals surface area contributed by atoms with Crippen LogP contribution in [0.5, 0.6) is 0 Å². The number of amides is 1. The third kappa shape index (κ3) is 5.69. The Labute approximate surface area is 131 Å². The maximum Gasteiger partial charge on any atom is 0.243 e. The van der Waals surface area contributed by atoms with Crippen molar-refractivity contribution >= 4 is 5.91 Å². The number of unbranched alkanes of at least 4 members (excludes halogenated alkanes) is 3. The lowest BCUT2D eigenvalue weighted by Crippen LogP contribution is -2.35. The van der Waals surface area contributed by atoms with Crippen molar-refractivity contribution < 1.29 is 10.0 Å². The summed E-state index contributed by atoms with van der Waals surface area (Å²) in [6.45, 7) is 3.36. The van der Waals surface area contributed by atoms with Crippen LogP contribution in [0.4, 0.5) is 0 Å². The minimum absolute atomic E-state index is 0.289. The van der Waals surface area contributed by atoms with Gasteiger partial charge in [0.15, 0.2) is 0 Å². The van der Waals surface area contributed by atoms with Gasteiger partial charge in [0.2, 0.25) is 5.91 Å². The molecule has 0 spiro atoms. The SMILES string of the molecule is O=C(CCCCCCN1CCCC(c2cnccn2)C1)NO. The summed E-state index contributed by atoms with van der Waals surface area (Å²) in [7, 11) is 0. The molecule has 0 aliphatic carbocycles. The quantitative estimate of drug-likeness (QED) is 0.437. The van der Waals surface area contributed by atoms with Gasteiger partial charge in [-0.15, -0.1) is 0 Å². The minimum atomic E-state index is -0.289. The second-order valence-electron chi connectivity index (χ2n) is 5.97. The van der Waals surface area contributed by atoms with E-state index in [2.05, 4.69) is 14.9 Å². The lowest BCUT2D eigenvalue weighted by atomic mass is 9.95. The fraction of sp³-hybridized carbons (Fsp3) is 0.688. The smallest absolute Gasteiger partial charge is 0.243 e. The van der Waals surface area contributed by atoms with Crippen molar-refractivity contribution in [1.82, 2.24) is 20.3 Å². The molecule has 1 saturated heterocycles. The molecule has 1 aliphatic heterocycles. The number of hydrogen-bond donors (Lipinski definition) is 2. The van der Waals surface area contributed by atoms with Crippen LogP contribution in [0.15, 0.2) is 18.6 Å². The second kappa shape index (κ2) is 9.48. The van der Waals surface area contributed by atoms with Gasteiger partial charge in [0.1, 0.15) is 0 Å². The molecule has 1 atom stereocenters. The highest BCUT2D eigenvalue weighted by Gasteiger charge is 2.21. The molecule has 2 N–H and O–H groups in total. The molecule has 1 fully saturated rings. The fourth-order valence-corrected chi connectivity index (χ4v) is 3.05. The largest absolute Gasteiger partial charge is 0.303 e. The van der Waals surface area contributed by atoms with Gasteiger partial charge in [-0.05, 0) is 38.8 Å². The first-order valence-corrected chi connectivity index (χ1v) is 8.21. The van der Waals surface area contributed by atoms with Crippen LogP contribution in [0, 0.1) is 0 Å². The summed E-state index contributed by atoms with van der Waals surface area (Å²) in [5.41, 5.74) is 2.78. The molecule has 6 heteroatoms. The van der Waals surface area contributed by atoms with Gasteiger partial charge in [0.25, 0.3) is 0 Å². The summed E-state index contributed by atoms with van der Waals surface area (Å²) in [6, 6.07) is 0. The van der Waals surface area contributed by atoms with Gasteiger partial charge in [-0.1, -0.05) is 12.8 Å². The van der Waals surface area contributed by atoms with E-state index < -0.39 is 0 Å². The standard InChI is InChI=1S/C16H26N4O2/c21-16(19-22)7-3-1-2-4-10-20-11-5-6-14(13-20)15-12-17-8-9-18-15/h8-9,12,14,22H,1-7,10-11,13H2,(H,19,21). The molecule has 2 heterocycles. The highest BCUT2D eigenvalue weighted by molar-refractivity contribution is 5.74. The van der Waals surface area contributed by atoms with Crippen LogP contribution < -0.4 is 5.48 Å². The summed E-state index contributed by atoms with van der Waals surface area (Å²) < 4.78 is 0. The lowest BCUT2D eigenvalue weighted by Gasteiger charge is -2.32. The number of nitrogens with one attached hydrogen (secondary N) is 1. The van der Waals surface area contributed by atoms with E-state index >= 15 is 0 Å². The number of rotatable bonds is 8. The van der Waals surface area contributed by atoms with E-state index in [-0.39, 0.29) is 5.91 Å². The molecule has 0 aromatic carbocycles. The van der Waals surface area contributed by atoms with Crippen LogP contribution in [0.2, 0.25) is 0 Å². The maximum absolute atomic E-state index is 10.9. The Hall–Kier alpha value is -1.53. The summed E-state index contributed by atoms with van der Waals surface area (Å²) in [5.74, 6) is 0.221. The maximum atomic E-state index is 10.9. The van der Waals surface area contributed by atoms with Crippen molar-refractivity contribution in [3.63, 3.8) is 0 Å². The molecule has 1 amide bonds. The number of carbonyl (C=O) groups is 1. The number of likely N-dealkylation sites (tertiary alicyclic amines) is 1. The average molecular weight is 306 g/mol. The molecule has 22 heavy (non-hydrogen) atoms. The third-order valence-corrected chi connectivity index (χ3v) is 4.26. The molecule has 1 aliphatic rings. The first kappa shape index (κ1) is 16.8. The van der Waals surface area contributed by atoms with Crippen LogP contribution >= 0.6 is 0 Å². The molecule has 0 saturated carbocycles. The third-order valence-electron chi connectivity index (χ3n) is 4.26. The minimum Gasteiger partial charge on any atom is -0.303 e. The van der Waals surface area contributed by atoms with E-state index in [1.807, 2.05) is 6.20 Å².